The second-order valence-electron chi connectivity index (χ2n) is 5.56. The van der Waals surface area contributed by atoms with Crippen LogP contribution in [-0.2, 0) is 9.59 Å². The molecule has 27 heavy (non-hydrogen) atoms. The van der Waals surface area contributed by atoms with Crippen molar-refractivity contribution >= 4 is 34.0 Å². The second kappa shape index (κ2) is 8.41. The first kappa shape index (κ1) is 18.5. The molecule has 1 heterocycles. The molecule has 0 unspecified atom stereocenters. The highest BCUT2D eigenvalue weighted by atomic mass is 32.1. The van der Waals surface area contributed by atoms with Crippen molar-refractivity contribution in [2.24, 2.45) is 0 Å². The number of thiazole rings is 1. The van der Waals surface area contributed by atoms with Gasteiger partial charge in [0.05, 0.1) is 11.4 Å². The zero-order chi connectivity index (χ0) is 19.2. The normalized spacial score (nSPS) is 10.3. The Morgan fingerprint density at radius 2 is 1.85 bits per heavy atom. The molecule has 6 nitrogen and oxygen atoms in total. The van der Waals surface area contributed by atoms with Crippen LogP contribution in [0.3, 0.4) is 0 Å². The van der Waals surface area contributed by atoms with E-state index in [1.54, 1.807) is 41.8 Å². The summed E-state index contributed by atoms with van der Waals surface area (Å²) < 4.78 is 18.5. The lowest BCUT2D eigenvalue weighted by atomic mass is 10.2. The standard InChI is InChI=1S/C19H16FN3O3S/c1-12(24)21-15-4-2-3-5-17(15)26-10-18(25)23-19-22-16(11-27-19)13-6-8-14(20)9-7-13/h2-9,11H,10H2,1H3,(H,21,24)(H,22,23,25). The van der Waals surface area contributed by atoms with E-state index in [0.29, 0.717) is 22.3 Å². The molecule has 2 aromatic carbocycles. The van der Waals surface area contributed by atoms with Crippen molar-refractivity contribution < 1.29 is 18.7 Å². The van der Waals surface area contributed by atoms with Gasteiger partial charge in [0.15, 0.2) is 11.7 Å². The number of hydrogen-bond acceptors (Lipinski definition) is 5. The van der Waals surface area contributed by atoms with Crippen LogP contribution in [0.15, 0.2) is 53.9 Å². The van der Waals surface area contributed by atoms with Gasteiger partial charge in [-0.25, -0.2) is 9.37 Å². The second-order valence-corrected chi connectivity index (χ2v) is 6.42. The first-order valence-corrected chi connectivity index (χ1v) is 8.90. The number of nitrogens with one attached hydrogen (secondary N) is 2. The predicted octanol–water partition coefficient (Wildman–Crippen LogP) is 3.93. The minimum absolute atomic E-state index is 0.230. The van der Waals surface area contributed by atoms with Gasteiger partial charge >= 0.3 is 0 Å². The van der Waals surface area contributed by atoms with Gasteiger partial charge in [-0.3, -0.25) is 14.9 Å². The lowest BCUT2D eigenvalue weighted by molar-refractivity contribution is -0.118. The zero-order valence-electron chi connectivity index (χ0n) is 14.4. The maximum absolute atomic E-state index is 13.0. The molecule has 0 aliphatic carbocycles. The van der Waals surface area contributed by atoms with Crippen LogP contribution in [-0.4, -0.2) is 23.4 Å². The molecule has 0 saturated heterocycles. The van der Waals surface area contributed by atoms with E-state index in [2.05, 4.69) is 15.6 Å². The smallest absolute Gasteiger partial charge is 0.264 e. The molecule has 0 atom stereocenters. The highest BCUT2D eigenvalue weighted by Gasteiger charge is 2.11. The van der Waals surface area contributed by atoms with E-state index in [-0.39, 0.29) is 24.2 Å². The Labute approximate surface area is 159 Å². The van der Waals surface area contributed by atoms with Gasteiger partial charge in [-0.1, -0.05) is 12.1 Å². The maximum Gasteiger partial charge on any atom is 0.264 e. The van der Waals surface area contributed by atoms with Crippen LogP contribution in [0.2, 0.25) is 0 Å². The van der Waals surface area contributed by atoms with Crippen molar-refractivity contribution in [3.05, 3.63) is 59.7 Å². The Bertz CT molecular complexity index is 957. The summed E-state index contributed by atoms with van der Waals surface area (Å²) in [5, 5.41) is 7.48. The highest BCUT2D eigenvalue weighted by molar-refractivity contribution is 7.14. The van der Waals surface area contributed by atoms with Crippen molar-refractivity contribution in [3.63, 3.8) is 0 Å². The van der Waals surface area contributed by atoms with Crippen LogP contribution in [0, 0.1) is 5.82 Å². The van der Waals surface area contributed by atoms with Gasteiger partial charge in [-0.05, 0) is 36.4 Å². The molecule has 8 heteroatoms. The van der Waals surface area contributed by atoms with Gasteiger partial charge in [-0.2, -0.15) is 0 Å². The summed E-state index contributed by atoms with van der Waals surface area (Å²) in [7, 11) is 0. The van der Waals surface area contributed by atoms with E-state index in [4.69, 9.17) is 4.74 Å². The largest absolute Gasteiger partial charge is 0.482 e. The summed E-state index contributed by atoms with van der Waals surface area (Å²) in [5.41, 5.74) is 1.89. The minimum atomic E-state index is -0.382. The van der Waals surface area contributed by atoms with Gasteiger partial charge in [-0.15, -0.1) is 11.3 Å². The number of benzene rings is 2. The summed E-state index contributed by atoms with van der Waals surface area (Å²) in [6.45, 7) is 1.16. The summed E-state index contributed by atoms with van der Waals surface area (Å²) in [4.78, 5) is 27.6. The Morgan fingerprint density at radius 1 is 1.11 bits per heavy atom. The number of anilines is 2. The maximum atomic E-state index is 13.0. The number of halogens is 1. The van der Waals surface area contributed by atoms with Crippen molar-refractivity contribution in [3.8, 4) is 17.0 Å². The van der Waals surface area contributed by atoms with E-state index >= 15 is 0 Å². The molecular formula is C19H16FN3O3S. The number of aromatic nitrogens is 1. The van der Waals surface area contributed by atoms with Crippen LogP contribution in [0.1, 0.15) is 6.92 Å². The molecule has 0 aliphatic rings. The fourth-order valence-corrected chi connectivity index (χ4v) is 3.00. The molecule has 0 spiro atoms. The Kier molecular flexibility index (Phi) is 5.77. The lowest BCUT2D eigenvalue weighted by Gasteiger charge is -2.11. The van der Waals surface area contributed by atoms with Crippen LogP contribution in [0.4, 0.5) is 15.2 Å². The van der Waals surface area contributed by atoms with E-state index in [9.17, 15) is 14.0 Å². The van der Waals surface area contributed by atoms with Gasteiger partial charge in [0.2, 0.25) is 5.91 Å². The monoisotopic (exact) mass is 385 g/mol. The first-order chi connectivity index (χ1) is 13.0. The van der Waals surface area contributed by atoms with Crippen molar-refractivity contribution in [1.82, 2.24) is 4.98 Å². The number of carbonyl (C=O) groups excluding carboxylic acids is 2. The SMILES string of the molecule is CC(=O)Nc1ccccc1OCC(=O)Nc1nc(-c2ccc(F)cc2)cs1. The van der Waals surface area contributed by atoms with Crippen LogP contribution < -0.4 is 15.4 Å². The third-order valence-electron chi connectivity index (χ3n) is 3.45. The Morgan fingerprint density at radius 3 is 2.59 bits per heavy atom. The lowest BCUT2D eigenvalue weighted by Crippen LogP contribution is -2.20. The number of carbonyl (C=O) groups is 2. The number of para-hydroxylation sites is 2. The summed E-state index contributed by atoms with van der Waals surface area (Å²) in [6, 6.07) is 12.8. The molecule has 3 rings (SSSR count). The van der Waals surface area contributed by atoms with E-state index < -0.39 is 0 Å². The van der Waals surface area contributed by atoms with Crippen molar-refractivity contribution in [1.29, 1.82) is 0 Å². The molecule has 2 N–H and O–H groups in total. The molecule has 0 bridgehead atoms. The number of nitrogens with zero attached hydrogens (tertiary/aromatic N) is 1. The van der Waals surface area contributed by atoms with E-state index in [1.165, 1.54) is 30.4 Å². The fraction of sp³-hybridized carbons (Fsp3) is 0.105. The van der Waals surface area contributed by atoms with E-state index in [1.807, 2.05) is 0 Å². The summed E-state index contributed by atoms with van der Waals surface area (Å²) in [5.74, 6) is -0.535. The van der Waals surface area contributed by atoms with Crippen molar-refractivity contribution in [2.45, 2.75) is 6.92 Å². The third-order valence-corrected chi connectivity index (χ3v) is 4.20. The first-order valence-electron chi connectivity index (χ1n) is 8.02. The molecule has 2 amide bonds. The van der Waals surface area contributed by atoms with Crippen molar-refractivity contribution in [2.75, 3.05) is 17.2 Å². The van der Waals surface area contributed by atoms with Gasteiger partial charge in [0.1, 0.15) is 11.6 Å². The summed E-state index contributed by atoms with van der Waals surface area (Å²) in [6.07, 6.45) is 0. The number of hydrogen-bond donors (Lipinski definition) is 2. The minimum Gasteiger partial charge on any atom is -0.482 e. The number of ether oxygens (including phenoxy) is 1. The molecule has 0 radical (unpaired) electrons. The molecule has 0 saturated carbocycles. The molecule has 0 fully saturated rings. The van der Waals surface area contributed by atoms with Gasteiger partial charge in [0.25, 0.3) is 5.91 Å². The van der Waals surface area contributed by atoms with Gasteiger partial charge < -0.3 is 10.1 Å². The molecule has 138 valence electrons. The van der Waals surface area contributed by atoms with Crippen LogP contribution in [0.25, 0.3) is 11.3 Å². The zero-order valence-corrected chi connectivity index (χ0v) is 15.2. The average Bonchev–Trinajstić information content (AvgIpc) is 3.09. The Balaban J connectivity index is 1.59. The predicted molar refractivity (Wildman–Crippen MR) is 102 cm³/mol. The number of amides is 2. The van der Waals surface area contributed by atoms with Gasteiger partial charge in [0, 0.05) is 17.9 Å². The molecular weight excluding hydrogens is 369 g/mol. The fourth-order valence-electron chi connectivity index (χ4n) is 2.27. The summed E-state index contributed by atoms with van der Waals surface area (Å²) >= 11 is 1.26. The van der Waals surface area contributed by atoms with E-state index in [0.717, 1.165) is 5.56 Å². The quantitative estimate of drug-likeness (QED) is 0.674. The van der Waals surface area contributed by atoms with Crippen LogP contribution in [0.5, 0.6) is 5.75 Å². The molecule has 0 aliphatic heterocycles. The molecule has 1 aromatic heterocycles. The number of rotatable bonds is 6. The topological polar surface area (TPSA) is 80.3 Å². The molecule has 3 aromatic rings. The van der Waals surface area contributed by atoms with Crippen LogP contribution >= 0.6 is 11.3 Å². The Hall–Kier alpha value is -3.26. The third kappa shape index (κ3) is 5.11. The highest BCUT2D eigenvalue weighted by Crippen LogP contribution is 2.26. The average molecular weight is 385 g/mol.